The summed E-state index contributed by atoms with van der Waals surface area (Å²) in [6, 6.07) is 5.84. The van der Waals surface area contributed by atoms with Crippen molar-refractivity contribution >= 4 is 39.1 Å². The van der Waals surface area contributed by atoms with Gasteiger partial charge in [-0.3, -0.25) is 0 Å². The summed E-state index contributed by atoms with van der Waals surface area (Å²) < 4.78 is 0. The summed E-state index contributed by atoms with van der Waals surface area (Å²) in [4.78, 5) is 0.535. The molecular weight excluding hydrogens is 319 g/mol. The van der Waals surface area contributed by atoms with Gasteiger partial charge in [0.15, 0.2) is 0 Å². The molecule has 0 aliphatic rings. The van der Waals surface area contributed by atoms with Crippen molar-refractivity contribution in [3.8, 4) is 0 Å². The Morgan fingerprint density at radius 3 is 2.47 bits per heavy atom. The maximum Gasteiger partial charge on any atom is 0.0624 e. The second-order valence-corrected chi connectivity index (χ2v) is 7.33. The van der Waals surface area contributed by atoms with E-state index in [0.29, 0.717) is 20.3 Å². The molecule has 0 spiro atoms. The van der Waals surface area contributed by atoms with Gasteiger partial charge >= 0.3 is 0 Å². The van der Waals surface area contributed by atoms with Gasteiger partial charge < -0.3 is 0 Å². The van der Waals surface area contributed by atoms with E-state index < -0.39 is 0 Å². The number of alkyl halides is 1. The molecule has 96 valence electrons. The molecule has 0 N–H and O–H groups in total. The van der Waals surface area contributed by atoms with E-state index in [1.807, 2.05) is 12.1 Å². The molecule has 0 aliphatic heterocycles. The Hall–Kier alpha value is 0.280. The smallest absolute Gasteiger partial charge is 0.0624 e. The summed E-state index contributed by atoms with van der Waals surface area (Å²) in [5.74, 6) is 0. The van der Waals surface area contributed by atoms with E-state index in [4.69, 9.17) is 23.2 Å². The lowest BCUT2D eigenvalue weighted by Gasteiger charge is -2.25. The lowest BCUT2D eigenvalue weighted by atomic mass is 9.89. The summed E-state index contributed by atoms with van der Waals surface area (Å²) in [6.07, 6.45) is 3.25. The van der Waals surface area contributed by atoms with Gasteiger partial charge in [0.05, 0.1) is 10.0 Å². The molecule has 0 amide bonds. The average molecular weight is 338 g/mol. The molecule has 0 nitrogen and oxygen atoms in total. The van der Waals surface area contributed by atoms with Crippen LogP contribution in [0.3, 0.4) is 0 Å². The molecule has 0 saturated heterocycles. The van der Waals surface area contributed by atoms with Crippen LogP contribution >= 0.6 is 39.1 Å². The molecular formula is C14H19BrCl2. The van der Waals surface area contributed by atoms with Crippen molar-refractivity contribution in [2.45, 2.75) is 44.9 Å². The zero-order valence-corrected chi connectivity index (χ0v) is 13.7. The Morgan fingerprint density at radius 1 is 1.24 bits per heavy atom. The molecule has 0 fully saturated rings. The third kappa shape index (κ3) is 4.81. The first-order chi connectivity index (χ1) is 7.82. The molecule has 1 atom stereocenters. The van der Waals surface area contributed by atoms with Crippen LogP contribution in [0.25, 0.3) is 0 Å². The van der Waals surface area contributed by atoms with E-state index in [-0.39, 0.29) is 0 Å². The Labute approximate surface area is 123 Å². The zero-order chi connectivity index (χ0) is 13.1. The van der Waals surface area contributed by atoms with E-state index in [1.54, 1.807) is 0 Å². The van der Waals surface area contributed by atoms with E-state index in [9.17, 15) is 0 Å². The summed E-state index contributed by atoms with van der Waals surface area (Å²) in [5.41, 5.74) is 1.45. The van der Waals surface area contributed by atoms with Crippen LogP contribution in [0.15, 0.2) is 18.2 Å². The summed E-state index contributed by atoms with van der Waals surface area (Å²) >= 11 is 15.9. The van der Waals surface area contributed by atoms with Crippen molar-refractivity contribution in [2.24, 2.45) is 5.41 Å². The highest BCUT2D eigenvalue weighted by Crippen LogP contribution is 2.31. The van der Waals surface area contributed by atoms with Gasteiger partial charge in [-0.2, -0.15) is 0 Å². The lowest BCUT2D eigenvalue weighted by Crippen LogP contribution is -2.20. The number of aryl methyl sites for hydroxylation is 1. The molecule has 0 saturated carbocycles. The highest BCUT2D eigenvalue weighted by atomic mass is 79.9. The summed E-state index contributed by atoms with van der Waals surface area (Å²) in [6.45, 7) is 6.75. The molecule has 1 aromatic carbocycles. The SMILES string of the molecule is CC(C)(C)C(Br)CCCc1cccc(Cl)c1Cl. The normalized spacial score (nSPS) is 13.8. The van der Waals surface area contributed by atoms with Gasteiger partial charge in [0, 0.05) is 4.83 Å². The van der Waals surface area contributed by atoms with Crippen molar-refractivity contribution in [2.75, 3.05) is 0 Å². The number of hydrogen-bond donors (Lipinski definition) is 0. The Kier molecular flexibility index (Phi) is 5.82. The van der Waals surface area contributed by atoms with Gasteiger partial charge in [-0.05, 0) is 36.3 Å². The maximum atomic E-state index is 6.15. The molecule has 1 aromatic rings. The Bertz CT molecular complexity index is 369. The van der Waals surface area contributed by atoms with Crippen LogP contribution in [0, 0.1) is 5.41 Å². The Morgan fingerprint density at radius 2 is 1.88 bits per heavy atom. The van der Waals surface area contributed by atoms with Crippen molar-refractivity contribution in [3.63, 3.8) is 0 Å². The van der Waals surface area contributed by atoms with E-state index >= 15 is 0 Å². The average Bonchev–Trinajstić information content (AvgIpc) is 2.22. The van der Waals surface area contributed by atoms with Crippen LogP contribution in [0.2, 0.25) is 10.0 Å². The molecule has 1 rings (SSSR count). The second-order valence-electron chi connectivity index (χ2n) is 5.44. The monoisotopic (exact) mass is 336 g/mol. The zero-order valence-electron chi connectivity index (χ0n) is 10.6. The first kappa shape index (κ1) is 15.3. The number of halogens is 3. The minimum Gasteiger partial charge on any atom is -0.0885 e. The minimum absolute atomic E-state index is 0.304. The van der Waals surface area contributed by atoms with Gasteiger partial charge in [-0.25, -0.2) is 0 Å². The van der Waals surface area contributed by atoms with E-state index in [1.165, 1.54) is 0 Å². The fourth-order valence-corrected chi connectivity index (χ4v) is 2.38. The molecule has 1 unspecified atom stereocenters. The third-order valence-electron chi connectivity index (χ3n) is 2.87. The molecule has 17 heavy (non-hydrogen) atoms. The number of rotatable bonds is 4. The van der Waals surface area contributed by atoms with Crippen LogP contribution < -0.4 is 0 Å². The van der Waals surface area contributed by atoms with Crippen LogP contribution in [-0.4, -0.2) is 4.83 Å². The van der Waals surface area contributed by atoms with Gasteiger partial charge in [0.25, 0.3) is 0 Å². The summed E-state index contributed by atoms with van der Waals surface area (Å²) in [7, 11) is 0. The Balaban J connectivity index is 2.49. The van der Waals surface area contributed by atoms with Crippen LogP contribution in [0.4, 0.5) is 0 Å². The van der Waals surface area contributed by atoms with Crippen LogP contribution in [0.1, 0.15) is 39.2 Å². The van der Waals surface area contributed by atoms with Crippen LogP contribution in [0.5, 0.6) is 0 Å². The van der Waals surface area contributed by atoms with Crippen molar-refractivity contribution in [1.82, 2.24) is 0 Å². The van der Waals surface area contributed by atoms with Crippen molar-refractivity contribution in [1.29, 1.82) is 0 Å². The van der Waals surface area contributed by atoms with E-state index in [0.717, 1.165) is 24.8 Å². The predicted octanol–water partition coefficient (Wildman–Crippen LogP) is 6.13. The number of hydrogen-bond acceptors (Lipinski definition) is 0. The first-order valence-corrected chi connectivity index (χ1v) is 7.56. The van der Waals surface area contributed by atoms with Crippen molar-refractivity contribution < 1.29 is 0 Å². The topological polar surface area (TPSA) is 0 Å². The molecule has 0 heterocycles. The molecule has 3 heteroatoms. The quantitative estimate of drug-likeness (QED) is 0.580. The van der Waals surface area contributed by atoms with Gasteiger partial charge in [0.1, 0.15) is 0 Å². The van der Waals surface area contributed by atoms with Gasteiger partial charge in [-0.15, -0.1) is 0 Å². The summed E-state index contributed by atoms with van der Waals surface area (Å²) in [5, 5.41) is 1.35. The molecule has 0 radical (unpaired) electrons. The highest BCUT2D eigenvalue weighted by molar-refractivity contribution is 9.09. The standard InChI is InChI=1S/C14H19BrCl2/c1-14(2,3)12(15)9-5-7-10-6-4-8-11(16)13(10)17/h4,6,8,12H,5,7,9H2,1-3H3. The predicted molar refractivity (Wildman–Crippen MR) is 81.6 cm³/mol. The second kappa shape index (κ2) is 6.45. The fraction of sp³-hybridized carbons (Fsp3) is 0.571. The van der Waals surface area contributed by atoms with Gasteiger partial charge in [0.2, 0.25) is 0 Å². The minimum atomic E-state index is 0.304. The largest absolute Gasteiger partial charge is 0.0885 e. The van der Waals surface area contributed by atoms with E-state index in [2.05, 4.69) is 42.8 Å². The van der Waals surface area contributed by atoms with Gasteiger partial charge in [-0.1, -0.05) is 72.0 Å². The third-order valence-corrected chi connectivity index (χ3v) is 5.56. The van der Waals surface area contributed by atoms with Crippen molar-refractivity contribution in [3.05, 3.63) is 33.8 Å². The fourth-order valence-electron chi connectivity index (χ4n) is 1.65. The molecule has 0 aliphatic carbocycles. The molecule has 0 aromatic heterocycles. The highest BCUT2D eigenvalue weighted by Gasteiger charge is 2.21. The lowest BCUT2D eigenvalue weighted by molar-refractivity contribution is 0.380. The molecule has 0 bridgehead atoms. The van der Waals surface area contributed by atoms with Crippen LogP contribution in [-0.2, 0) is 6.42 Å². The number of benzene rings is 1. The maximum absolute atomic E-state index is 6.15. The first-order valence-electron chi connectivity index (χ1n) is 5.89.